The van der Waals surface area contributed by atoms with Crippen LogP contribution in [0.25, 0.3) is 11.0 Å². The second-order valence-corrected chi connectivity index (χ2v) is 3.14. The van der Waals surface area contributed by atoms with Gasteiger partial charge in [-0.1, -0.05) is 0 Å². The molecule has 0 unspecified atom stereocenters. The van der Waals surface area contributed by atoms with Crippen LogP contribution in [-0.2, 0) is 11.3 Å². The number of nitrogens with zero attached hydrogens (tertiary/aromatic N) is 3. The van der Waals surface area contributed by atoms with Gasteiger partial charge in [0.05, 0.1) is 6.20 Å². The van der Waals surface area contributed by atoms with Gasteiger partial charge in [-0.2, -0.15) is 5.10 Å². The quantitative estimate of drug-likeness (QED) is 0.763. The van der Waals surface area contributed by atoms with Gasteiger partial charge in [-0.3, -0.25) is 14.5 Å². The third kappa shape index (κ3) is 1.56. The monoisotopic (exact) mass is 191 g/mol. The number of aromatic nitrogens is 3. The number of carbonyl (C=O) groups is 1. The van der Waals surface area contributed by atoms with Crippen molar-refractivity contribution in [3.05, 3.63) is 24.0 Å². The molecule has 0 fully saturated rings. The second kappa shape index (κ2) is 3.10. The number of hydrogen-bond acceptors (Lipinski definition) is 3. The van der Waals surface area contributed by atoms with Crippen molar-refractivity contribution in [2.24, 2.45) is 0 Å². The summed E-state index contributed by atoms with van der Waals surface area (Å²) in [6.07, 6.45) is 3.36. The highest BCUT2D eigenvalue weighted by Gasteiger charge is 2.04. The van der Waals surface area contributed by atoms with Crippen molar-refractivity contribution in [2.75, 3.05) is 0 Å². The van der Waals surface area contributed by atoms with Crippen molar-refractivity contribution in [2.45, 2.75) is 13.5 Å². The van der Waals surface area contributed by atoms with E-state index < -0.39 is 5.97 Å². The van der Waals surface area contributed by atoms with Crippen LogP contribution in [0.3, 0.4) is 0 Å². The Morgan fingerprint density at radius 1 is 1.57 bits per heavy atom. The number of rotatable bonds is 2. The highest BCUT2D eigenvalue weighted by molar-refractivity contribution is 5.74. The van der Waals surface area contributed by atoms with Crippen LogP contribution in [0.4, 0.5) is 0 Å². The largest absolute Gasteiger partial charge is 0.480 e. The Morgan fingerprint density at radius 3 is 3.07 bits per heavy atom. The molecule has 0 bridgehead atoms. The average Bonchev–Trinajstić information content (AvgIpc) is 2.44. The van der Waals surface area contributed by atoms with Crippen LogP contribution in [0.1, 0.15) is 5.56 Å². The Balaban J connectivity index is 2.46. The van der Waals surface area contributed by atoms with Gasteiger partial charge in [-0.25, -0.2) is 0 Å². The molecule has 0 spiro atoms. The summed E-state index contributed by atoms with van der Waals surface area (Å²) in [4.78, 5) is 14.6. The lowest BCUT2D eigenvalue weighted by Gasteiger charge is -1.91. The normalized spacial score (nSPS) is 10.6. The summed E-state index contributed by atoms with van der Waals surface area (Å²) in [7, 11) is 0. The van der Waals surface area contributed by atoms with E-state index in [4.69, 9.17) is 5.11 Å². The zero-order valence-electron chi connectivity index (χ0n) is 7.64. The predicted molar refractivity (Wildman–Crippen MR) is 49.9 cm³/mol. The molecule has 0 aromatic carbocycles. The number of aliphatic carboxylic acids is 1. The molecule has 0 radical (unpaired) electrons. The minimum Gasteiger partial charge on any atom is -0.480 e. The lowest BCUT2D eigenvalue weighted by atomic mass is 10.3. The number of hydrogen-bond donors (Lipinski definition) is 1. The standard InChI is InChI=1S/C9H9N3O2/c1-6-2-7-8(10-3-6)4-12(11-7)5-9(13)14/h2-4H,5H2,1H3,(H,13,14). The molecule has 0 amide bonds. The van der Waals surface area contributed by atoms with Crippen molar-refractivity contribution in [1.82, 2.24) is 14.8 Å². The highest BCUT2D eigenvalue weighted by Crippen LogP contribution is 2.10. The van der Waals surface area contributed by atoms with E-state index in [1.165, 1.54) is 4.68 Å². The maximum Gasteiger partial charge on any atom is 0.325 e. The Morgan fingerprint density at radius 2 is 2.36 bits per heavy atom. The summed E-state index contributed by atoms with van der Waals surface area (Å²) in [6, 6.07) is 1.88. The summed E-state index contributed by atoms with van der Waals surface area (Å²) in [5.74, 6) is -0.908. The van der Waals surface area contributed by atoms with Gasteiger partial charge in [0.25, 0.3) is 0 Å². The summed E-state index contributed by atoms with van der Waals surface area (Å²) in [5.41, 5.74) is 2.46. The van der Waals surface area contributed by atoms with Gasteiger partial charge < -0.3 is 5.11 Å². The van der Waals surface area contributed by atoms with Gasteiger partial charge in [-0.05, 0) is 18.6 Å². The molecular weight excluding hydrogens is 182 g/mol. The molecule has 0 atom stereocenters. The molecule has 0 aliphatic heterocycles. The number of carboxylic acid groups (broad SMARTS) is 1. The Labute approximate surface area is 80.0 Å². The number of aryl methyl sites for hydroxylation is 1. The average molecular weight is 191 g/mol. The lowest BCUT2D eigenvalue weighted by molar-refractivity contribution is -0.137. The van der Waals surface area contributed by atoms with E-state index in [9.17, 15) is 4.79 Å². The maximum atomic E-state index is 10.4. The summed E-state index contributed by atoms with van der Waals surface area (Å²) >= 11 is 0. The van der Waals surface area contributed by atoms with Crippen LogP contribution >= 0.6 is 0 Å². The SMILES string of the molecule is Cc1cnc2cn(CC(=O)O)nc2c1. The molecular formula is C9H9N3O2. The number of carboxylic acids is 1. The van der Waals surface area contributed by atoms with Gasteiger partial charge in [0, 0.05) is 6.20 Å². The molecule has 0 saturated heterocycles. The lowest BCUT2D eigenvalue weighted by Crippen LogP contribution is -2.08. The first kappa shape index (κ1) is 8.68. The van der Waals surface area contributed by atoms with E-state index in [0.29, 0.717) is 0 Å². The van der Waals surface area contributed by atoms with Crippen LogP contribution in [0.15, 0.2) is 18.5 Å². The molecule has 0 aliphatic rings. The van der Waals surface area contributed by atoms with Gasteiger partial charge in [0.2, 0.25) is 0 Å². The van der Waals surface area contributed by atoms with E-state index in [2.05, 4.69) is 10.1 Å². The minimum absolute atomic E-state index is 0.130. The van der Waals surface area contributed by atoms with E-state index in [1.807, 2.05) is 13.0 Å². The van der Waals surface area contributed by atoms with Gasteiger partial charge in [0.1, 0.15) is 17.6 Å². The molecule has 0 saturated carbocycles. The molecule has 72 valence electrons. The molecule has 5 heteroatoms. The first-order valence-corrected chi connectivity index (χ1v) is 4.17. The first-order chi connectivity index (χ1) is 6.65. The summed E-state index contributed by atoms with van der Waals surface area (Å²) in [5, 5.41) is 12.7. The van der Waals surface area contributed by atoms with Crippen molar-refractivity contribution in [3.8, 4) is 0 Å². The maximum absolute atomic E-state index is 10.4. The van der Waals surface area contributed by atoms with Crippen LogP contribution in [0.5, 0.6) is 0 Å². The first-order valence-electron chi connectivity index (χ1n) is 4.17. The molecule has 2 aromatic heterocycles. The fourth-order valence-corrected chi connectivity index (χ4v) is 1.27. The summed E-state index contributed by atoms with van der Waals surface area (Å²) in [6.45, 7) is 1.79. The van der Waals surface area contributed by atoms with E-state index in [0.717, 1.165) is 16.6 Å². The van der Waals surface area contributed by atoms with Crippen LogP contribution in [-0.4, -0.2) is 25.8 Å². The zero-order chi connectivity index (χ0) is 10.1. The molecule has 0 aliphatic carbocycles. The smallest absolute Gasteiger partial charge is 0.325 e. The van der Waals surface area contributed by atoms with Gasteiger partial charge >= 0.3 is 5.97 Å². The van der Waals surface area contributed by atoms with Crippen molar-refractivity contribution >= 4 is 17.0 Å². The number of pyridine rings is 1. The Hall–Kier alpha value is -1.91. The van der Waals surface area contributed by atoms with Crippen molar-refractivity contribution in [1.29, 1.82) is 0 Å². The predicted octanol–water partition coefficient (Wildman–Crippen LogP) is 0.824. The van der Waals surface area contributed by atoms with Crippen molar-refractivity contribution in [3.63, 3.8) is 0 Å². The Bertz CT molecular complexity index is 490. The third-order valence-electron chi connectivity index (χ3n) is 1.84. The van der Waals surface area contributed by atoms with Gasteiger partial charge in [0.15, 0.2) is 0 Å². The molecule has 14 heavy (non-hydrogen) atoms. The molecule has 2 rings (SSSR count). The highest BCUT2D eigenvalue weighted by atomic mass is 16.4. The second-order valence-electron chi connectivity index (χ2n) is 3.14. The molecule has 5 nitrogen and oxygen atoms in total. The van der Waals surface area contributed by atoms with E-state index >= 15 is 0 Å². The van der Waals surface area contributed by atoms with E-state index in [-0.39, 0.29) is 6.54 Å². The summed E-state index contributed by atoms with van der Waals surface area (Å²) < 4.78 is 1.37. The Kier molecular flexibility index (Phi) is 1.92. The fourth-order valence-electron chi connectivity index (χ4n) is 1.27. The molecule has 2 heterocycles. The molecule has 2 aromatic rings. The van der Waals surface area contributed by atoms with E-state index in [1.54, 1.807) is 12.4 Å². The van der Waals surface area contributed by atoms with Crippen LogP contribution in [0, 0.1) is 6.92 Å². The number of fused-ring (bicyclic) bond motifs is 1. The topological polar surface area (TPSA) is 68.0 Å². The van der Waals surface area contributed by atoms with Crippen LogP contribution < -0.4 is 0 Å². The third-order valence-corrected chi connectivity index (χ3v) is 1.84. The van der Waals surface area contributed by atoms with Crippen molar-refractivity contribution < 1.29 is 9.90 Å². The zero-order valence-corrected chi connectivity index (χ0v) is 7.64. The van der Waals surface area contributed by atoms with Crippen LogP contribution in [0.2, 0.25) is 0 Å². The minimum atomic E-state index is -0.908. The van der Waals surface area contributed by atoms with Gasteiger partial charge in [-0.15, -0.1) is 0 Å². The molecule has 1 N–H and O–H groups in total. The fraction of sp³-hybridized carbons (Fsp3) is 0.222.